The lowest BCUT2D eigenvalue weighted by Crippen LogP contribution is -2.27. The quantitative estimate of drug-likeness (QED) is 0.532. The maximum Gasteiger partial charge on any atom is 0.238 e. The normalized spacial score (nSPS) is 20.0. The monoisotopic (exact) mass is 416 g/mol. The molecule has 0 spiro atoms. The number of fused-ring (bicyclic) bond motifs is 1. The lowest BCUT2D eigenvalue weighted by molar-refractivity contribution is -0.117. The van der Waals surface area contributed by atoms with E-state index in [2.05, 4.69) is 27.2 Å². The first-order valence-electron chi connectivity index (χ1n) is 9.85. The van der Waals surface area contributed by atoms with Gasteiger partial charge < -0.3 is 21.5 Å². The van der Waals surface area contributed by atoms with Crippen molar-refractivity contribution in [3.8, 4) is 5.88 Å². The topological polar surface area (TPSA) is 129 Å². The molecular formula is C20H28N6O2S. The van der Waals surface area contributed by atoms with E-state index < -0.39 is 0 Å². The molecule has 0 aliphatic carbocycles. The molecule has 2 aromatic rings. The minimum atomic E-state index is -0.352. The second-order valence-electron chi connectivity index (χ2n) is 7.35. The number of hydrogen-bond donors (Lipinski definition) is 3. The Morgan fingerprint density at radius 1 is 1.34 bits per heavy atom. The number of nitrogens with two attached hydrogens (primary N) is 2. The summed E-state index contributed by atoms with van der Waals surface area (Å²) in [5.41, 5.74) is 13.0. The average Bonchev–Trinajstić information content (AvgIpc) is 3.04. The highest BCUT2D eigenvalue weighted by molar-refractivity contribution is 8.01. The molecule has 29 heavy (non-hydrogen) atoms. The molecule has 8 nitrogen and oxygen atoms in total. The van der Waals surface area contributed by atoms with Crippen LogP contribution in [-0.2, 0) is 4.79 Å². The lowest BCUT2D eigenvalue weighted by atomic mass is 9.99. The Morgan fingerprint density at radius 3 is 2.83 bits per heavy atom. The Morgan fingerprint density at radius 2 is 2.14 bits per heavy atom. The molecule has 3 rings (SSSR count). The number of aromatic nitrogens is 3. The van der Waals surface area contributed by atoms with Gasteiger partial charge in [-0.3, -0.25) is 4.79 Å². The standard InChI is InChI=1S/C20H28N6O2S/c1-4-13(8-7-11(2)21)28-19-14(6-5-9-23-19)26-18-15-12(3)16(17(22)27)29-20(15)25-10-24-18/h5-6,9-13,16H,4,7-8,21H2,1-3H3,(H2,22,27)(H,24,25,26). The number of anilines is 2. The zero-order valence-corrected chi connectivity index (χ0v) is 17.8. The number of nitrogens with one attached hydrogen (secondary N) is 1. The highest BCUT2D eigenvalue weighted by Crippen LogP contribution is 2.47. The first-order chi connectivity index (χ1) is 13.9. The molecule has 0 radical (unpaired) electrons. The minimum absolute atomic E-state index is 0.0290. The Labute approximate surface area is 175 Å². The molecule has 0 fully saturated rings. The first-order valence-corrected chi connectivity index (χ1v) is 10.7. The predicted molar refractivity (Wildman–Crippen MR) is 114 cm³/mol. The number of carbonyl (C=O) groups excluding carboxylic acids is 1. The smallest absolute Gasteiger partial charge is 0.238 e. The van der Waals surface area contributed by atoms with Crippen LogP contribution in [0.25, 0.3) is 0 Å². The van der Waals surface area contributed by atoms with Gasteiger partial charge in [0.25, 0.3) is 0 Å². The van der Waals surface area contributed by atoms with Gasteiger partial charge in [0.05, 0.1) is 5.25 Å². The molecule has 0 aromatic carbocycles. The van der Waals surface area contributed by atoms with Crippen LogP contribution in [0.1, 0.15) is 51.5 Å². The minimum Gasteiger partial charge on any atom is -0.473 e. The van der Waals surface area contributed by atoms with Crippen LogP contribution in [0.15, 0.2) is 29.7 Å². The Hall–Kier alpha value is -2.39. The number of hydrogen-bond acceptors (Lipinski definition) is 8. The highest BCUT2D eigenvalue weighted by Gasteiger charge is 2.37. The van der Waals surface area contributed by atoms with Crippen LogP contribution in [0.4, 0.5) is 11.5 Å². The van der Waals surface area contributed by atoms with E-state index in [-0.39, 0.29) is 29.2 Å². The molecule has 0 saturated heterocycles. The summed E-state index contributed by atoms with van der Waals surface area (Å²) in [5.74, 6) is 0.713. The summed E-state index contributed by atoms with van der Waals surface area (Å²) in [6, 6.07) is 3.87. The molecule has 4 unspecified atom stereocenters. The van der Waals surface area contributed by atoms with Crippen LogP contribution in [0.5, 0.6) is 5.88 Å². The Balaban J connectivity index is 1.83. The molecule has 2 aromatic heterocycles. The Bertz CT molecular complexity index is 863. The lowest BCUT2D eigenvalue weighted by Gasteiger charge is -2.20. The predicted octanol–water partition coefficient (Wildman–Crippen LogP) is 2.96. The summed E-state index contributed by atoms with van der Waals surface area (Å²) >= 11 is 1.38. The van der Waals surface area contributed by atoms with Gasteiger partial charge in [-0.15, -0.1) is 0 Å². The summed E-state index contributed by atoms with van der Waals surface area (Å²) in [6.07, 6.45) is 5.82. The molecule has 3 heterocycles. The summed E-state index contributed by atoms with van der Waals surface area (Å²) in [7, 11) is 0. The fourth-order valence-electron chi connectivity index (χ4n) is 3.32. The van der Waals surface area contributed by atoms with E-state index >= 15 is 0 Å². The number of rotatable bonds is 9. The van der Waals surface area contributed by atoms with Gasteiger partial charge in [-0.1, -0.05) is 25.6 Å². The fourth-order valence-corrected chi connectivity index (χ4v) is 4.54. The molecule has 1 amide bonds. The van der Waals surface area contributed by atoms with Crippen molar-refractivity contribution in [2.75, 3.05) is 5.32 Å². The summed E-state index contributed by atoms with van der Waals surface area (Å²) in [6.45, 7) is 6.04. The number of nitrogens with zero attached hydrogens (tertiary/aromatic N) is 3. The van der Waals surface area contributed by atoms with Gasteiger partial charge >= 0.3 is 0 Å². The van der Waals surface area contributed by atoms with Crippen LogP contribution in [0.2, 0.25) is 0 Å². The third-order valence-corrected chi connectivity index (χ3v) is 6.42. The van der Waals surface area contributed by atoms with Gasteiger partial charge in [0.15, 0.2) is 0 Å². The maximum atomic E-state index is 11.8. The zero-order valence-electron chi connectivity index (χ0n) is 17.0. The van der Waals surface area contributed by atoms with E-state index in [0.717, 1.165) is 29.9 Å². The number of ether oxygens (including phenoxy) is 1. The molecule has 156 valence electrons. The molecular weight excluding hydrogens is 388 g/mol. The molecule has 0 saturated carbocycles. The van der Waals surface area contributed by atoms with E-state index in [9.17, 15) is 4.79 Å². The summed E-state index contributed by atoms with van der Waals surface area (Å²) < 4.78 is 6.17. The fraction of sp³-hybridized carbons (Fsp3) is 0.500. The molecule has 4 atom stereocenters. The first kappa shape index (κ1) is 21.3. The van der Waals surface area contributed by atoms with Crippen LogP contribution in [0.3, 0.4) is 0 Å². The number of carbonyl (C=O) groups is 1. The van der Waals surface area contributed by atoms with Gasteiger partial charge in [0.1, 0.15) is 29.0 Å². The SMILES string of the molecule is CCC(CCC(C)N)Oc1ncccc1Nc1ncnc2c1C(C)C(C(N)=O)S2. The van der Waals surface area contributed by atoms with Crippen LogP contribution >= 0.6 is 11.8 Å². The van der Waals surface area contributed by atoms with Crippen molar-refractivity contribution < 1.29 is 9.53 Å². The third-order valence-electron chi connectivity index (χ3n) is 4.98. The van der Waals surface area contributed by atoms with Gasteiger partial charge in [-0.05, 0) is 38.3 Å². The van der Waals surface area contributed by atoms with Gasteiger partial charge in [0.2, 0.25) is 11.8 Å². The maximum absolute atomic E-state index is 11.8. The van der Waals surface area contributed by atoms with E-state index in [0.29, 0.717) is 17.4 Å². The van der Waals surface area contributed by atoms with E-state index in [1.54, 1.807) is 6.20 Å². The second kappa shape index (κ2) is 9.41. The number of pyridine rings is 1. The number of primary amides is 1. The van der Waals surface area contributed by atoms with Crippen LogP contribution < -0.4 is 21.5 Å². The van der Waals surface area contributed by atoms with Crippen molar-refractivity contribution in [3.63, 3.8) is 0 Å². The molecule has 0 bridgehead atoms. The number of amides is 1. The van der Waals surface area contributed by atoms with E-state index in [1.807, 2.05) is 26.0 Å². The zero-order chi connectivity index (χ0) is 21.0. The molecule has 5 N–H and O–H groups in total. The summed E-state index contributed by atoms with van der Waals surface area (Å²) in [4.78, 5) is 24.9. The van der Waals surface area contributed by atoms with Crippen molar-refractivity contribution in [2.24, 2.45) is 11.5 Å². The largest absolute Gasteiger partial charge is 0.473 e. The van der Waals surface area contributed by atoms with E-state index in [1.165, 1.54) is 18.1 Å². The van der Waals surface area contributed by atoms with Crippen molar-refractivity contribution in [1.82, 2.24) is 15.0 Å². The van der Waals surface area contributed by atoms with Crippen LogP contribution in [-0.4, -0.2) is 38.3 Å². The van der Waals surface area contributed by atoms with E-state index in [4.69, 9.17) is 16.2 Å². The molecule has 1 aliphatic rings. The summed E-state index contributed by atoms with van der Waals surface area (Å²) in [5, 5.41) is 3.75. The van der Waals surface area contributed by atoms with Crippen LogP contribution in [0, 0.1) is 0 Å². The Kier molecular flexibility index (Phi) is 6.92. The number of thioether (sulfide) groups is 1. The van der Waals surface area contributed by atoms with Crippen molar-refractivity contribution in [3.05, 3.63) is 30.2 Å². The van der Waals surface area contributed by atoms with Gasteiger partial charge in [-0.2, -0.15) is 0 Å². The van der Waals surface area contributed by atoms with Crippen molar-refractivity contribution >= 4 is 29.2 Å². The van der Waals surface area contributed by atoms with Crippen molar-refractivity contribution in [2.45, 2.75) is 68.4 Å². The molecule has 1 aliphatic heterocycles. The molecule has 9 heteroatoms. The average molecular weight is 417 g/mol. The third kappa shape index (κ3) is 4.97. The second-order valence-corrected chi connectivity index (χ2v) is 8.48. The van der Waals surface area contributed by atoms with Crippen molar-refractivity contribution in [1.29, 1.82) is 0 Å². The van der Waals surface area contributed by atoms with Gasteiger partial charge in [0, 0.05) is 23.7 Å². The van der Waals surface area contributed by atoms with Gasteiger partial charge in [-0.25, -0.2) is 15.0 Å². The highest BCUT2D eigenvalue weighted by atomic mass is 32.2.